The summed E-state index contributed by atoms with van der Waals surface area (Å²) in [5, 5.41) is 3.67. The monoisotopic (exact) mass is 411 g/mol. The number of hydrogen-bond donors (Lipinski definition) is 0. The summed E-state index contributed by atoms with van der Waals surface area (Å²) in [6.07, 6.45) is 6.10. The predicted molar refractivity (Wildman–Crippen MR) is 140 cm³/mol. The van der Waals surface area contributed by atoms with Gasteiger partial charge in [0, 0.05) is 10.9 Å². The summed E-state index contributed by atoms with van der Waals surface area (Å²) >= 11 is 0. The van der Waals surface area contributed by atoms with Gasteiger partial charge in [-0.15, -0.1) is 0 Å². The van der Waals surface area contributed by atoms with Crippen molar-refractivity contribution >= 4 is 33.8 Å². The quantitative estimate of drug-likeness (QED) is 0.288. The third-order valence-corrected chi connectivity index (χ3v) is 6.05. The van der Waals surface area contributed by atoms with Crippen LogP contribution >= 0.6 is 0 Å². The van der Waals surface area contributed by atoms with E-state index >= 15 is 0 Å². The van der Waals surface area contributed by atoms with Gasteiger partial charge in [-0.05, 0) is 82.8 Å². The number of rotatable bonds is 4. The second-order valence-corrected chi connectivity index (χ2v) is 8.17. The van der Waals surface area contributed by atoms with E-state index < -0.39 is 0 Å². The summed E-state index contributed by atoms with van der Waals surface area (Å²) in [6, 6.07) is 30.3. The van der Waals surface area contributed by atoms with Gasteiger partial charge in [0.25, 0.3) is 0 Å². The van der Waals surface area contributed by atoms with E-state index in [9.17, 15) is 0 Å². The maximum absolute atomic E-state index is 5.00. The molecule has 1 heterocycles. The maximum atomic E-state index is 5.00. The fraction of sp³-hybridized carbons (Fsp3) is 0.0645. The number of aromatic nitrogens is 1. The fourth-order valence-corrected chi connectivity index (χ4v) is 4.33. The molecule has 0 aliphatic carbocycles. The molecule has 154 valence electrons. The van der Waals surface area contributed by atoms with Gasteiger partial charge in [-0.25, -0.2) is 4.98 Å². The Labute approximate surface area is 189 Å². The first-order valence-electron chi connectivity index (χ1n) is 11.0. The molecule has 0 N–H and O–H groups in total. The second kappa shape index (κ2) is 8.28. The highest BCUT2D eigenvalue weighted by atomic mass is 14.7. The zero-order valence-corrected chi connectivity index (χ0v) is 18.5. The van der Waals surface area contributed by atoms with Crippen LogP contribution in [0.1, 0.15) is 23.6 Å². The summed E-state index contributed by atoms with van der Waals surface area (Å²) in [7, 11) is 0. The molecule has 0 atom stereocenters. The van der Waals surface area contributed by atoms with Crippen LogP contribution in [0.2, 0.25) is 0 Å². The van der Waals surface area contributed by atoms with Gasteiger partial charge in [0.15, 0.2) is 0 Å². The number of pyridine rings is 1. The van der Waals surface area contributed by atoms with Crippen molar-refractivity contribution in [2.75, 3.05) is 0 Å². The Morgan fingerprint density at radius 2 is 1.47 bits per heavy atom. The molecule has 0 spiro atoms. The summed E-state index contributed by atoms with van der Waals surface area (Å²) in [6.45, 7) is 8.15. The van der Waals surface area contributed by atoms with E-state index in [-0.39, 0.29) is 0 Å². The fourth-order valence-electron chi connectivity index (χ4n) is 4.33. The third-order valence-electron chi connectivity index (χ3n) is 6.05. The summed E-state index contributed by atoms with van der Waals surface area (Å²) < 4.78 is 0. The molecule has 1 heteroatoms. The second-order valence-electron chi connectivity index (χ2n) is 8.17. The van der Waals surface area contributed by atoms with E-state index in [0.717, 1.165) is 22.3 Å². The van der Waals surface area contributed by atoms with E-state index in [2.05, 4.69) is 111 Å². The first-order valence-corrected chi connectivity index (χ1v) is 11.0. The highest BCUT2D eigenvalue weighted by molar-refractivity contribution is 5.91. The average Bonchev–Trinajstić information content (AvgIpc) is 2.83. The van der Waals surface area contributed by atoms with Gasteiger partial charge >= 0.3 is 0 Å². The largest absolute Gasteiger partial charge is 0.248 e. The SMILES string of the molecule is C=Cc1ccc(-c2ccc3nc(-c4ccc5ccccc5c4)cc(C)c3c2)cc1/C=C\C. The smallest absolute Gasteiger partial charge is 0.0712 e. The molecule has 0 saturated heterocycles. The molecule has 0 fully saturated rings. The van der Waals surface area contributed by atoms with E-state index in [0.29, 0.717) is 0 Å². The molecule has 0 amide bonds. The highest BCUT2D eigenvalue weighted by Crippen LogP contribution is 2.31. The number of hydrogen-bond acceptors (Lipinski definition) is 1. The molecule has 4 aromatic carbocycles. The molecule has 0 aliphatic heterocycles. The Morgan fingerprint density at radius 3 is 2.28 bits per heavy atom. The molecule has 0 radical (unpaired) electrons. The molecule has 1 aromatic heterocycles. The summed E-state index contributed by atoms with van der Waals surface area (Å²) in [5.74, 6) is 0. The molecule has 5 rings (SSSR count). The average molecular weight is 412 g/mol. The summed E-state index contributed by atoms with van der Waals surface area (Å²) in [5.41, 5.74) is 9.13. The van der Waals surface area contributed by atoms with Gasteiger partial charge in [0.2, 0.25) is 0 Å². The zero-order chi connectivity index (χ0) is 22.1. The standard InChI is InChI=1S/C31H25N/c1-4-8-24-18-26(13-11-22(24)5-2)27-15-16-30-29(20-27)21(3)17-31(32-30)28-14-12-23-9-6-7-10-25(23)19-28/h4-20H,2H2,1,3H3/b8-4-. The minimum absolute atomic E-state index is 1.01. The number of aryl methyl sites for hydroxylation is 1. The molecular weight excluding hydrogens is 386 g/mol. The van der Waals surface area contributed by atoms with Crippen LogP contribution in [0.25, 0.3) is 56.2 Å². The first-order chi connectivity index (χ1) is 15.7. The van der Waals surface area contributed by atoms with Gasteiger partial charge < -0.3 is 0 Å². The first kappa shape index (κ1) is 20.0. The number of nitrogens with zero attached hydrogens (tertiary/aromatic N) is 1. The minimum Gasteiger partial charge on any atom is -0.248 e. The van der Waals surface area contributed by atoms with Crippen LogP contribution < -0.4 is 0 Å². The van der Waals surface area contributed by atoms with E-state index in [1.807, 2.05) is 13.0 Å². The van der Waals surface area contributed by atoms with E-state index in [4.69, 9.17) is 4.98 Å². The van der Waals surface area contributed by atoms with Crippen LogP contribution in [-0.2, 0) is 0 Å². The van der Waals surface area contributed by atoms with Gasteiger partial charge in [-0.2, -0.15) is 0 Å². The zero-order valence-electron chi connectivity index (χ0n) is 18.5. The lowest BCUT2D eigenvalue weighted by Crippen LogP contribution is -1.91. The van der Waals surface area contributed by atoms with Gasteiger partial charge in [-0.3, -0.25) is 0 Å². The molecule has 0 bridgehead atoms. The Kier molecular flexibility index (Phi) is 5.17. The van der Waals surface area contributed by atoms with Gasteiger partial charge in [0.05, 0.1) is 11.2 Å². The Morgan fingerprint density at radius 1 is 0.719 bits per heavy atom. The van der Waals surface area contributed by atoms with Crippen LogP contribution in [0, 0.1) is 6.92 Å². The van der Waals surface area contributed by atoms with E-state index in [1.165, 1.54) is 38.4 Å². The molecule has 32 heavy (non-hydrogen) atoms. The van der Waals surface area contributed by atoms with Gasteiger partial charge in [-0.1, -0.05) is 79.4 Å². The van der Waals surface area contributed by atoms with Crippen LogP contribution in [0.5, 0.6) is 0 Å². The van der Waals surface area contributed by atoms with Crippen LogP contribution in [0.15, 0.2) is 97.6 Å². The van der Waals surface area contributed by atoms with Crippen molar-refractivity contribution in [3.63, 3.8) is 0 Å². The van der Waals surface area contributed by atoms with Crippen molar-refractivity contribution in [1.29, 1.82) is 0 Å². The molecule has 0 aliphatic rings. The molecule has 0 saturated carbocycles. The molecule has 5 aromatic rings. The lowest BCUT2D eigenvalue weighted by Gasteiger charge is -2.11. The highest BCUT2D eigenvalue weighted by Gasteiger charge is 2.09. The van der Waals surface area contributed by atoms with E-state index in [1.54, 1.807) is 0 Å². The van der Waals surface area contributed by atoms with Crippen molar-refractivity contribution in [3.05, 3.63) is 114 Å². The van der Waals surface area contributed by atoms with Crippen LogP contribution in [-0.4, -0.2) is 4.98 Å². The number of fused-ring (bicyclic) bond motifs is 2. The number of benzene rings is 4. The lowest BCUT2D eigenvalue weighted by molar-refractivity contribution is 1.36. The third kappa shape index (κ3) is 3.63. The Bertz CT molecular complexity index is 1500. The normalized spacial score (nSPS) is 11.4. The summed E-state index contributed by atoms with van der Waals surface area (Å²) in [4.78, 5) is 5.00. The predicted octanol–water partition coefficient (Wildman–Crippen LogP) is 8.71. The van der Waals surface area contributed by atoms with Crippen LogP contribution in [0.4, 0.5) is 0 Å². The van der Waals surface area contributed by atoms with Crippen molar-refractivity contribution in [2.45, 2.75) is 13.8 Å². The number of allylic oxidation sites excluding steroid dienone is 1. The van der Waals surface area contributed by atoms with Crippen molar-refractivity contribution in [3.8, 4) is 22.4 Å². The Balaban J connectivity index is 1.59. The topological polar surface area (TPSA) is 12.9 Å². The minimum atomic E-state index is 1.01. The molecule has 0 unspecified atom stereocenters. The molecular formula is C31H25N. The lowest BCUT2D eigenvalue weighted by atomic mass is 9.96. The maximum Gasteiger partial charge on any atom is 0.0712 e. The van der Waals surface area contributed by atoms with Crippen molar-refractivity contribution in [1.82, 2.24) is 4.98 Å². The van der Waals surface area contributed by atoms with Crippen molar-refractivity contribution in [2.24, 2.45) is 0 Å². The van der Waals surface area contributed by atoms with Gasteiger partial charge in [0.1, 0.15) is 0 Å². The Hall–Kier alpha value is -3.97. The van der Waals surface area contributed by atoms with Crippen LogP contribution in [0.3, 0.4) is 0 Å². The van der Waals surface area contributed by atoms with Crippen molar-refractivity contribution < 1.29 is 0 Å². The molecule has 1 nitrogen and oxygen atoms in total.